The normalized spacial score (nSPS) is 21.6. The van der Waals surface area contributed by atoms with Crippen LogP contribution in [0.5, 0.6) is 11.5 Å². The lowest BCUT2D eigenvalue weighted by molar-refractivity contribution is -0.142. The predicted octanol–water partition coefficient (Wildman–Crippen LogP) is 2.30. The maximum Gasteiger partial charge on any atom is 0.247 e. The number of benzene rings is 2. The number of aliphatic hydroxyl groups is 3. The molecule has 0 saturated carbocycles. The molecule has 44 heavy (non-hydrogen) atoms. The van der Waals surface area contributed by atoms with Crippen molar-refractivity contribution in [2.45, 2.75) is 44.1 Å². The van der Waals surface area contributed by atoms with Crippen molar-refractivity contribution in [2.75, 3.05) is 40.0 Å². The van der Waals surface area contributed by atoms with Crippen molar-refractivity contribution in [2.24, 2.45) is 5.92 Å². The molecule has 1 aromatic heterocycles. The van der Waals surface area contributed by atoms with Gasteiger partial charge in [-0.3, -0.25) is 9.59 Å². The van der Waals surface area contributed by atoms with Gasteiger partial charge >= 0.3 is 0 Å². The Balaban J connectivity index is 1.48. The predicted molar refractivity (Wildman–Crippen MR) is 171 cm³/mol. The van der Waals surface area contributed by atoms with Crippen LogP contribution in [0.1, 0.15) is 24.1 Å². The topological polar surface area (TPSA) is 154 Å². The summed E-state index contributed by atoms with van der Waals surface area (Å²) in [5.41, 5.74) is 2.92. The number of carbonyl (C=O) groups is 2. The zero-order chi connectivity index (χ0) is 31.2. The molecule has 2 heterocycles. The first kappa shape index (κ1) is 32.2. The first-order valence-electron chi connectivity index (χ1n) is 14.7. The summed E-state index contributed by atoms with van der Waals surface area (Å²) >= 11 is 2.07. The zero-order valence-corrected chi connectivity index (χ0v) is 26.7. The van der Waals surface area contributed by atoms with Gasteiger partial charge in [0.15, 0.2) is 11.5 Å². The number of H-pyrrole nitrogens is 1. The Hall–Kier alpha value is -3.17. The van der Waals surface area contributed by atoms with Gasteiger partial charge in [-0.1, -0.05) is 18.2 Å². The van der Waals surface area contributed by atoms with Crippen LogP contribution in [0, 0.1) is 9.49 Å². The highest BCUT2D eigenvalue weighted by atomic mass is 127. The van der Waals surface area contributed by atoms with E-state index in [9.17, 15) is 24.9 Å². The highest BCUT2D eigenvalue weighted by Gasteiger charge is 2.42. The number of aromatic amines is 1. The smallest absolute Gasteiger partial charge is 0.247 e. The van der Waals surface area contributed by atoms with Gasteiger partial charge in [0.25, 0.3) is 0 Å². The van der Waals surface area contributed by atoms with Crippen LogP contribution in [0.25, 0.3) is 10.9 Å². The van der Waals surface area contributed by atoms with Gasteiger partial charge in [0.1, 0.15) is 12.2 Å². The summed E-state index contributed by atoms with van der Waals surface area (Å²) in [6, 6.07) is 12.6. The van der Waals surface area contributed by atoms with Crippen LogP contribution < -0.4 is 14.8 Å². The van der Waals surface area contributed by atoms with Crippen molar-refractivity contribution in [3.8, 4) is 11.5 Å². The maximum absolute atomic E-state index is 14.0. The molecule has 2 amide bonds. The molecule has 0 bridgehead atoms. The Morgan fingerprint density at radius 2 is 2.02 bits per heavy atom. The second-order valence-electron chi connectivity index (χ2n) is 11.0. The number of nitrogens with zero attached hydrogens (tertiary/aromatic N) is 1. The molecule has 2 aliphatic rings. The van der Waals surface area contributed by atoms with Crippen molar-refractivity contribution >= 4 is 45.3 Å². The van der Waals surface area contributed by atoms with E-state index < -0.39 is 24.2 Å². The van der Waals surface area contributed by atoms with Crippen LogP contribution in [0.3, 0.4) is 0 Å². The molecule has 5 rings (SSSR count). The van der Waals surface area contributed by atoms with Crippen LogP contribution in [0.2, 0.25) is 0 Å². The van der Waals surface area contributed by atoms with Crippen LogP contribution in [-0.4, -0.2) is 95.3 Å². The van der Waals surface area contributed by atoms with E-state index in [-0.39, 0.29) is 38.0 Å². The van der Waals surface area contributed by atoms with Gasteiger partial charge in [-0.2, -0.15) is 0 Å². The molecule has 3 aromatic rings. The number of ether oxygens (including phenoxy) is 3. The van der Waals surface area contributed by atoms with Crippen molar-refractivity contribution in [3.63, 3.8) is 0 Å². The number of hydrogen-bond acceptors (Lipinski definition) is 8. The molecule has 5 N–H and O–H groups in total. The third kappa shape index (κ3) is 7.20. The highest BCUT2D eigenvalue weighted by molar-refractivity contribution is 14.1. The van der Waals surface area contributed by atoms with E-state index in [0.29, 0.717) is 58.8 Å². The van der Waals surface area contributed by atoms with Crippen molar-refractivity contribution < 1.29 is 39.1 Å². The van der Waals surface area contributed by atoms with Crippen LogP contribution in [-0.2, 0) is 27.4 Å². The van der Waals surface area contributed by atoms with Gasteiger partial charge in [-0.25, -0.2) is 0 Å². The summed E-state index contributed by atoms with van der Waals surface area (Å²) in [6.07, 6.45) is 0.569. The number of hydrogen-bond donors (Lipinski definition) is 5. The second kappa shape index (κ2) is 14.7. The Morgan fingerprint density at radius 3 is 2.73 bits per heavy atom. The number of aliphatic hydroxyl groups excluding tert-OH is 3. The maximum atomic E-state index is 14.0. The van der Waals surface area contributed by atoms with E-state index in [2.05, 4.69) is 39.0 Å². The van der Waals surface area contributed by atoms with E-state index >= 15 is 0 Å². The quantitative estimate of drug-likeness (QED) is 0.179. The number of amides is 2. The lowest BCUT2D eigenvalue weighted by atomic mass is 9.87. The minimum absolute atomic E-state index is 0.0612. The molecule has 4 unspecified atom stereocenters. The fourth-order valence-electron chi connectivity index (χ4n) is 5.81. The number of aromatic nitrogens is 1. The van der Waals surface area contributed by atoms with Gasteiger partial charge in [0.05, 0.1) is 42.5 Å². The summed E-state index contributed by atoms with van der Waals surface area (Å²) in [5, 5.41) is 34.5. The molecule has 0 spiro atoms. The number of carbonyl (C=O) groups excluding carboxylic acids is 2. The lowest BCUT2D eigenvalue weighted by Gasteiger charge is -2.41. The number of rotatable bonds is 12. The Kier molecular flexibility index (Phi) is 10.8. The summed E-state index contributed by atoms with van der Waals surface area (Å²) in [7, 11) is 1.48. The molecule has 236 valence electrons. The molecule has 2 aromatic carbocycles. The number of nitrogens with one attached hydrogen (secondary N) is 2. The number of halogens is 1. The van der Waals surface area contributed by atoms with Crippen LogP contribution in [0.4, 0.5) is 0 Å². The van der Waals surface area contributed by atoms with Gasteiger partial charge in [-0.15, -0.1) is 0 Å². The minimum atomic E-state index is -1.18. The molecule has 1 aliphatic carbocycles. The standard InChI is InChI=1S/C32H38IN3O8/c1-42-28-13-19(17-38)12-24(33)30(28)44-27-16-22(31(40)34-8-10-37)15-26(29(27)39)36(32(41)21-7-11-43-18-21)9-6-23-14-20-4-2-3-5-25(20)35-23/h2-5,12-14,16,21,26-27,29,35,37-39H,6-11,15,17-18H2,1H3,(H,34,40). The summed E-state index contributed by atoms with van der Waals surface area (Å²) in [5.74, 6) is -0.188. The summed E-state index contributed by atoms with van der Waals surface area (Å²) in [4.78, 5) is 32.3. The molecule has 4 atom stereocenters. The molecule has 1 fully saturated rings. The van der Waals surface area contributed by atoms with Crippen LogP contribution in [0.15, 0.2) is 54.1 Å². The average Bonchev–Trinajstić information content (AvgIpc) is 3.72. The van der Waals surface area contributed by atoms with Crippen molar-refractivity contribution in [1.29, 1.82) is 0 Å². The fraction of sp³-hybridized carbons (Fsp3) is 0.438. The van der Waals surface area contributed by atoms with Gasteiger partial charge in [-0.05, 0) is 70.3 Å². The zero-order valence-electron chi connectivity index (χ0n) is 24.5. The van der Waals surface area contributed by atoms with Crippen molar-refractivity contribution in [3.05, 3.63) is 68.9 Å². The molecular formula is C32H38IN3O8. The monoisotopic (exact) mass is 719 g/mol. The average molecular weight is 720 g/mol. The SMILES string of the molecule is COc1cc(CO)cc(I)c1OC1C=C(C(=O)NCCO)CC(N(CCc2cc3ccccc3[nH]2)C(=O)C2CCOC2)C1O. The first-order valence-corrected chi connectivity index (χ1v) is 15.8. The second-order valence-corrected chi connectivity index (χ2v) is 12.2. The molecule has 0 radical (unpaired) electrons. The Morgan fingerprint density at radius 1 is 1.20 bits per heavy atom. The van der Waals surface area contributed by atoms with E-state index in [0.717, 1.165) is 16.6 Å². The first-order chi connectivity index (χ1) is 21.3. The molecule has 1 aliphatic heterocycles. The van der Waals surface area contributed by atoms with E-state index in [1.165, 1.54) is 7.11 Å². The fourth-order valence-corrected chi connectivity index (χ4v) is 6.60. The van der Waals surface area contributed by atoms with Gasteiger partial charge < -0.3 is 44.7 Å². The largest absolute Gasteiger partial charge is 0.493 e. The van der Waals surface area contributed by atoms with Gasteiger partial charge in [0, 0.05) is 49.3 Å². The number of methoxy groups -OCH3 is 1. The Bertz CT molecular complexity index is 1470. The summed E-state index contributed by atoms with van der Waals surface area (Å²) in [6.45, 7) is 0.737. The molecule has 11 nitrogen and oxygen atoms in total. The van der Waals surface area contributed by atoms with E-state index in [1.807, 2.05) is 24.3 Å². The number of para-hydroxylation sites is 1. The lowest BCUT2D eigenvalue weighted by Crippen LogP contribution is -2.56. The molecule has 12 heteroatoms. The van der Waals surface area contributed by atoms with E-state index in [1.54, 1.807) is 23.1 Å². The van der Waals surface area contributed by atoms with Crippen molar-refractivity contribution in [1.82, 2.24) is 15.2 Å². The third-order valence-corrected chi connectivity index (χ3v) is 8.91. The third-order valence-electron chi connectivity index (χ3n) is 8.11. The highest BCUT2D eigenvalue weighted by Crippen LogP contribution is 2.37. The number of fused-ring (bicyclic) bond motifs is 1. The van der Waals surface area contributed by atoms with Crippen LogP contribution >= 0.6 is 22.6 Å². The van der Waals surface area contributed by atoms with E-state index in [4.69, 9.17) is 14.2 Å². The minimum Gasteiger partial charge on any atom is -0.493 e. The van der Waals surface area contributed by atoms with Gasteiger partial charge in [0.2, 0.25) is 11.8 Å². The summed E-state index contributed by atoms with van der Waals surface area (Å²) < 4.78 is 18.1. The molecular weight excluding hydrogens is 681 g/mol. The Labute approximate surface area is 269 Å². The molecule has 1 saturated heterocycles.